The number of pyridine rings is 1. The average Bonchev–Trinajstić information content (AvgIpc) is 2.86. The Labute approximate surface area is 195 Å². The molecule has 33 heavy (non-hydrogen) atoms. The van der Waals surface area contributed by atoms with Gasteiger partial charge in [0.25, 0.3) is 10.0 Å². The molecule has 3 aromatic rings. The van der Waals surface area contributed by atoms with Crippen molar-refractivity contribution in [1.82, 2.24) is 14.6 Å². The number of ether oxygens (including phenoxy) is 1. The first kappa shape index (κ1) is 24.3. The molecule has 2 aromatic carbocycles. The number of methoxy groups -OCH3 is 1. The summed E-state index contributed by atoms with van der Waals surface area (Å²) in [6.07, 6.45) is 5.99. The number of nitrogens with one attached hydrogen (secondary N) is 1. The second kappa shape index (κ2) is 11.5. The quantitative estimate of drug-likeness (QED) is 0.473. The predicted octanol–water partition coefficient (Wildman–Crippen LogP) is 4.53. The zero-order chi connectivity index (χ0) is 23.7. The largest absolute Gasteiger partial charge is 0.497 e. The number of aromatic nitrogens is 1. The number of carbonyl (C=O) groups excluding carboxylic acids is 1. The van der Waals surface area contributed by atoms with Gasteiger partial charge in [0.1, 0.15) is 10.6 Å². The van der Waals surface area contributed by atoms with E-state index < -0.39 is 16.1 Å². The molecule has 0 bridgehead atoms. The molecule has 8 heteroatoms. The van der Waals surface area contributed by atoms with E-state index in [1.165, 1.54) is 30.1 Å². The number of benzene rings is 2. The van der Waals surface area contributed by atoms with Crippen LogP contribution in [0.5, 0.6) is 5.75 Å². The van der Waals surface area contributed by atoms with Gasteiger partial charge in [-0.25, -0.2) is 17.5 Å². The zero-order valence-corrected chi connectivity index (χ0v) is 19.7. The van der Waals surface area contributed by atoms with Crippen molar-refractivity contribution in [3.8, 4) is 5.75 Å². The number of carbonyl (C=O) groups is 1. The summed E-state index contributed by atoms with van der Waals surface area (Å²) >= 11 is 0. The fraction of sp³-hybridized carbons (Fsp3) is 0.280. The first-order valence-corrected chi connectivity index (χ1v) is 12.3. The highest BCUT2D eigenvalue weighted by molar-refractivity contribution is 7.89. The lowest BCUT2D eigenvalue weighted by Gasteiger charge is -2.23. The van der Waals surface area contributed by atoms with Crippen LogP contribution in [0.15, 0.2) is 78.0 Å². The molecular weight excluding hydrogens is 438 g/mol. The Morgan fingerprint density at radius 2 is 1.67 bits per heavy atom. The summed E-state index contributed by atoms with van der Waals surface area (Å²) in [5.74, 6) is 0.646. The molecule has 0 unspecified atom stereocenters. The molecule has 0 aliphatic carbocycles. The molecular formula is C25H29N3O4S. The summed E-state index contributed by atoms with van der Waals surface area (Å²) in [7, 11) is -2.55. The van der Waals surface area contributed by atoms with Crippen LogP contribution in [-0.2, 0) is 29.5 Å². The van der Waals surface area contributed by atoms with Crippen LogP contribution in [0.25, 0.3) is 0 Å². The highest BCUT2D eigenvalue weighted by atomic mass is 32.2. The van der Waals surface area contributed by atoms with E-state index in [4.69, 9.17) is 4.74 Å². The van der Waals surface area contributed by atoms with Gasteiger partial charge in [-0.1, -0.05) is 49.7 Å². The molecule has 0 fully saturated rings. The van der Waals surface area contributed by atoms with Crippen LogP contribution >= 0.6 is 0 Å². The monoisotopic (exact) mass is 467 g/mol. The maximum absolute atomic E-state index is 13.3. The topological polar surface area (TPSA) is 88.6 Å². The first-order chi connectivity index (χ1) is 15.9. The normalized spacial score (nSPS) is 11.1. The SMILES string of the molecule is CCCCc1ccc(CNC(=O)N(Cc2ccc(OC)cc2)S(=O)(=O)c2cccnc2)cc1. The first-order valence-electron chi connectivity index (χ1n) is 10.9. The Morgan fingerprint density at radius 1 is 1.00 bits per heavy atom. The maximum atomic E-state index is 13.3. The molecule has 0 aliphatic heterocycles. The van der Waals surface area contributed by atoms with E-state index >= 15 is 0 Å². The lowest BCUT2D eigenvalue weighted by molar-refractivity contribution is 0.221. The second-order valence-corrected chi connectivity index (χ2v) is 9.49. The summed E-state index contributed by atoms with van der Waals surface area (Å²) < 4.78 is 32.5. The molecule has 7 nitrogen and oxygen atoms in total. The highest BCUT2D eigenvalue weighted by Crippen LogP contribution is 2.20. The van der Waals surface area contributed by atoms with Crippen LogP contribution in [0.3, 0.4) is 0 Å². The predicted molar refractivity (Wildman–Crippen MR) is 127 cm³/mol. The Bertz CT molecular complexity index is 1130. The third-order valence-corrected chi connectivity index (χ3v) is 6.93. The number of sulfonamides is 1. The fourth-order valence-corrected chi connectivity index (χ4v) is 4.56. The van der Waals surface area contributed by atoms with Gasteiger partial charge in [0, 0.05) is 18.9 Å². The van der Waals surface area contributed by atoms with Crippen LogP contribution in [0.2, 0.25) is 0 Å². The van der Waals surface area contributed by atoms with E-state index in [9.17, 15) is 13.2 Å². The van der Waals surface area contributed by atoms with Crippen LogP contribution < -0.4 is 10.1 Å². The van der Waals surface area contributed by atoms with Crippen molar-refractivity contribution in [3.05, 3.63) is 89.7 Å². The number of unbranched alkanes of at least 4 members (excludes halogenated alkanes) is 1. The van der Waals surface area contributed by atoms with E-state index in [1.807, 2.05) is 24.3 Å². The van der Waals surface area contributed by atoms with Gasteiger partial charge in [0.2, 0.25) is 0 Å². The molecule has 0 atom stereocenters. The van der Waals surface area contributed by atoms with Gasteiger partial charge >= 0.3 is 6.03 Å². The van der Waals surface area contributed by atoms with Gasteiger partial charge in [0.15, 0.2) is 0 Å². The van der Waals surface area contributed by atoms with Crippen molar-refractivity contribution < 1.29 is 17.9 Å². The third-order valence-electron chi connectivity index (χ3n) is 5.22. The fourth-order valence-electron chi connectivity index (χ4n) is 3.26. The third kappa shape index (κ3) is 6.55. The van der Waals surface area contributed by atoms with E-state index in [0.717, 1.165) is 29.1 Å². The minimum Gasteiger partial charge on any atom is -0.497 e. The maximum Gasteiger partial charge on any atom is 0.331 e. The minimum absolute atomic E-state index is 0.0473. The second-order valence-electron chi connectivity index (χ2n) is 7.63. The number of hydrogen-bond acceptors (Lipinski definition) is 5. The molecule has 1 N–H and O–H groups in total. The van der Waals surface area contributed by atoms with Gasteiger partial charge in [-0.3, -0.25) is 4.98 Å². The van der Waals surface area contributed by atoms with Crippen LogP contribution in [-0.4, -0.2) is 30.8 Å². The standard InChI is InChI=1S/C25H29N3O4S/c1-3-4-6-20-8-10-21(11-9-20)17-27-25(29)28(19-22-12-14-23(32-2)15-13-22)33(30,31)24-7-5-16-26-18-24/h5,7-16,18H,3-4,6,17,19H2,1-2H3,(H,27,29). The Hall–Kier alpha value is -3.39. The Balaban J connectivity index is 1.78. The van der Waals surface area contributed by atoms with Crippen LogP contribution in [0.4, 0.5) is 4.79 Å². The minimum atomic E-state index is -4.11. The summed E-state index contributed by atoms with van der Waals surface area (Å²) in [4.78, 5) is 16.9. The van der Waals surface area contributed by atoms with Crippen LogP contribution in [0, 0.1) is 0 Å². The van der Waals surface area contributed by atoms with Crippen molar-refractivity contribution in [2.24, 2.45) is 0 Å². The van der Waals surface area contributed by atoms with Crippen LogP contribution in [0.1, 0.15) is 36.5 Å². The molecule has 0 radical (unpaired) electrons. The van der Waals surface area contributed by atoms with E-state index in [2.05, 4.69) is 17.2 Å². The summed E-state index contributed by atoms with van der Waals surface area (Å²) in [6.45, 7) is 2.25. The molecule has 0 aliphatic rings. The molecule has 174 valence electrons. The Kier molecular flexibility index (Phi) is 8.43. The van der Waals surface area contributed by atoms with Gasteiger partial charge in [-0.05, 0) is 53.8 Å². The number of amides is 2. The smallest absolute Gasteiger partial charge is 0.331 e. The van der Waals surface area contributed by atoms with Gasteiger partial charge < -0.3 is 10.1 Å². The highest BCUT2D eigenvalue weighted by Gasteiger charge is 2.29. The number of rotatable bonds is 10. The van der Waals surface area contributed by atoms with Crippen molar-refractivity contribution in [1.29, 1.82) is 0 Å². The van der Waals surface area contributed by atoms with Gasteiger partial charge in [-0.15, -0.1) is 0 Å². The van der Waals surface area contributed by atoms with Crippen molar-refractivity contribution >= 4 is 16.1 Å². The van der Waals surface area contributed by atoms with E-state index in [-0.39, 0.29) is 18.0 Å². The number of nitrogens with zero attached hydrogens (tertiary/aromatic N) is 2. The average molecular weight is 468 g/mol. The number of hydrogen-bond donors (Lipinski definition) is 1. The molecule has 1 aromatic heterocycles. The molecule has 0 saturated carbocycles. The lowest BCUT2D eigenvalue weighted by Crippen LogP contribution is -2.43. The van der Waals surface area contributed by atoms with E-state index in [1.54, 1.807) is 31.4 Å². The van der Waals surface area contributed by atoms with Gasteiger partial charge in [0.05, 0.1) is 13.7 Å². The molecule has 0 spiro atoms. The molecule has 2 amide bonds. The molecule has 3 rings (SSSR count). The van der Waals surface area contributed by atoms with Gasteiger partial charge in [-0.2, -0.15) is 0 Å². The molecule has 0 saturated heterocycles. The number of aryl methyl sites for hydroxylation is 1. The van der Waals surface area contributed by atoms with Crippen molar-refractivity contribution in [3.63, 3.8) is 0 Å². The number of urea groups is 1. The van der Waals surface area contributed by atoms with E-state index in [0.29, 0.717) is 11.3 Å². The zero-order valence-electron chi connectivity index (χ0n) is 18.9. The molecule has 1 heterocycles. The van der Waals surface area contributed by atoms with Crippen molar-refractivity contribution in [2.45, 2.75) is 44.2 Å². The summed E-state index contributed by atoms with van der Waals surface area (Å²) in [5, 5.41) is 2.74. The summed E-state index contributed by atoms with van der Waals surface area (Å²) in [5.41, 5.74) is 2.79. The lowest BCUT2D eigenvalue weighted by atomic mass is 10.1. The van der Waals surface area contributed by atoms with Crippen molar-refractivity contribution in [2.75, 3.05) is 7.11 Å². The summed E-state index contributed by atoms with van der Waals surface area (Å²) in [6, 6.07) is 17.1. The Morgan fingerprint density at radius 3 is 2.27 bits per heavy atom.